The molecule has 0 saturated heterocycles. The van der Waals surface area contributed by atoms with Gasteiger partial charge in [0.05, 0.1) is 0 Å². The van der Waals surface area contributed by atoms with Crippen LogP contribution in [0.3, 0.4) is 0 Å². The van der Waals surface area contributed by atoms with Crippen LogP contribution in [0.15, 0.2) is 48.5 Å². The molecule has 3 rings (SSSR count). The van der Waals surface area contributed by atoms with Crippen LogP contribution in [-0.4, -0.2) is 10.2 Å². The van der Waals surface area contributed by atoms with Crippen LogP contribution in [0.1, 0.15) is 44.2 Å². The van der Waals surface area contributed by atoms with Crippen LogP contribution < -0.4 is 0 Å². The minimum absolute atomic E-state index is 0.341. The van der Waals surface area contributed by atoms with E-state index >= 15 is 0 Å². The summed E-state index contributed by atoms with van der Waals surface area (Å²) in [7, 11) is 0. The predicted octanol–water partition coefficient (Wildman–Crippen LogP) is 5.57. The average molecular weight is 338 g/mol. The van der Waals surface area contributed by atoms with E-state index in [1.807, 2.05) is 0 Å². The third-order valence-electron chi connectivity index (χ3n) is 5.99. The zero-order valence-electron chi connectivity index (χ0n) is 15.4. The predicted molar refractivity (Wildman–Crippen MR) is 103 cm³/mol. The molecule has 1 fully saturated rings. The maximum atomic E-state index is 9.53. The van der Waals surface area contributed by atoms with Crippen LogP contribution in [0.2, 0.25) is 0 Å². The Hall–Kier alpha value is -1.96. The van der Waals surface area contributed by atoms with Gasteiger partial charge in [-0.15, -0.1) is 0 Å². The van der Waals surface area contributed by atoms with E-state index in [2.05, 4.69) is 38.1 Å². The highest BCUT2D eigenvalue weighted by molar-refractivity contribution is 5.27. The van der Waals surface area contributed by atoms with Crippen LogP contribution in [-0.2, 0) is 12.8 Å². The molecule has 2 heteroatoms. The summed E-state index contributed by atoms with van der Waals surface area (Å²) in [5.41, 5.74) is 2.64. The molecule has 2 aromatic carbocycles. The first-order valence-corrected chi connectivity index (χ1v) is 9.57. The Bertz CT molecular complexity index is 657. The van der Waals surface area contributed by atoms with Crippen molar-refractivity contribution in [1.82, 2.24) is 0 Å². The molecule has 0 radical (unpaired) electrons. The van der Waals surface area contributed by atoms with Gasteiger partial charge in [-0.1, -0.05) is 38.1 Å². The Morgan fingerprint density at radius 1 is 0.760 bits per heavy atom. The Labute approximate surface area is 151 Å². The van der Waals surface area contributed by atoms with Gasteiger partial charge in [0.15, 0.2) is 0 Å². The van der Waals surface area contributed by atoms with Crippen LogP contribution >= 0.6 is 0 Å². The number of benzene rings is 2. The highest BCUT2D eigenvalue weighted by atomic mass is 16.3. The molecule has 2 N–H and O–H groups in total. The van der Waals surface area contributed by atoms with Crippen molar-refractivity contribution in [2.24, 2.45) is 23.7 Å². The van der Waals surface area contributed by atoms with Gasteiger partial charge in [-0.05, 0) is 91.2 Å². The topological polar surface area (TPSA) is 40.5 Å². The lowest BCUT2D eigenvalue weighted by Crippen LogP contribution is -2.30. The summed E-state index contributed by atoms with van der Waals surface area (Å²) in [6, 6.07) is 15.4. The van der Waals surface area contributed by atoms with Gasteiger partial charge >= 0.3 is 0 Å². The molecule has 2 aromatic rings. The fourth-order valence-corrected chi connectivity index (χ4v) is 4.36. The fourth-order valence-electron chi connectivity index (χ4n) is 4.36. The van der Waals surface area contributed by atoms with E-state index in [1.54, 1.807) is 24.3 Å². The van der Waals surface area contributed by atoms with Gasteiger partial charge in [0.1, 0.15) is 11.5 Å². The maximum Gasteiger partial charge on any atom is 0.115 e. The van der Waals surface area contributed by atoms with Crippen molar-refractivity contribution in [3.63, 3.8) is 0 Å². The van der Waals surface area contributed by atoms with Crippen molar-refractivity contribution in [3.8, 4) is 11.5 Å². The Morgan fingerprint density at radius 3 is 1.72 bits per heavy atom. The van der Waals surface area contributed by atoms with Crippen LogP contribution in [0, 0.1) is 23.7 Å². The number of hydrogen-bond acceptors (Lipinski definition) is 2. The SMILES string of the molecule is CC(C)C1CCC(Cc2ccc(O)cc2)C(Cc2ccc(O)cc2)C1. The lowest BCUT2D eigenvalue weighted by Gasteiger charge is -2.38. The fraction of sp³-hybridized carbons (Fsp3) is 0.478. The number of phenols is 2. The summed E-state index contributed by atoms with van der Waals surface area (Å²) in [6.07, 6.45) is 6.08. The maximum absolute atomic E-state index is 9.53. The number of rotatable bonds is 5. The zero-order chi connectivity index (χ0) is 17.8. The number of phenolic OH excluding ortho intramolecular Hbond substituents is 2. The molecule has 1 aliphatic rings. The van der Waals surface area contributed by atoms with Crippen molar-refractivity contribution in [1.29, 1.82) is 0 Å². The van der Waals surface area contributed by atoms with Crippen LogP contribution in [0.5, 0.6) is 11.5 Å². The van der Waals surface area contributed by atoms with Crippen molar-refractivity contribution in [2.45, 2.75) is 46.0 Å². The van der Waals surface area contributed by atoms with Gasteiger partial charge in [0, 0.05) is 0 Å². The van der Waals surface area contributed by atoms with Crippen LogP contribution in [0.25, 0.3) is 0 Å². The minimum atomic E-state index is 0.341. The van der Waals surface area contributed by atoms with Gasteiger partial charge in [-0.2, -0.15) is 0 Å². The highest BCUT2D eigenvalue weighted by Crippen LogP contribution is 2.40. The second kappa shape index (κ2) is 7.95. The standard InChI is InChI=1S/C23H30O2/c1-16(2)19-7-8-20(13-17-3-9-22(24)10-4-17)21(15-19)14-18-5-11-23(25)12-6-18/h3-6,9-12,16,19-21,24-25H,7-8,13-15H2,1-2H3. The third kappa shape index (κ3) is 4.78. The molecule has 3 unspecified atom stereocenters. The Morgan fingerprint density at radius 2 is 1.24 bits per heavy atom. The summed E-state index contributed by atoms with van der Waals surface area (Å²) in [4.78, 5) is 0. The van der Waals surface area contributed by atoms with Gasteiger partial charge in [-0.25, -0.2) is 0 Å². The van der Waals surface area contributed by atoms with E-state index in [9.17, 15) is 10.2 Å². The van der Waals surface area contributed by atoms with E-state index in [0.29, 0.717) is 23.3 Å². The summed E-state index contributed by atoms with van der Waals surface area (Å²) in [5.74, 6) is 3.61. The summed E-state index contributed by atoms with van der Waals surface area (Å²) >= 11 is 0. The highest BCUT2D eigenvalue weighted by Gasteiger charge is 2.31. The van der Waals surface area contributed by atoms with Crippen molar-refractivity contribution in [2.75, 3.05) is 0 Å². The van der Waals surface area contributed by atoms with E-state index < -0.39 is 0 Å². The molecule has 0 aromatic heterocycles. The molecule has 0 spiro atoms. The van der Waals surface area contributed by atoms with Gasteiger partial charge in [-0.3, -0.25) is 0 Å². The van der Waals surface area contributed by atoms with Gasteiger partial charge < -0.3 is 10.2 Å². The van der Waals surface area contributed by atoms with E-state index in [4.69, 9.17) is 0 Å². The van der Waals surface area contributed by atoms with E-state index in [-0.39, 0.29) is 0 Å². The van der Waals surface area contributed by atoms with Crippen LogP contribution in [0.4, 0.5) is 0 Å². The molecule has 0 heterocycles. The molecule has 3 atom stereocenters. The molecule has 0 amide bonds. The smallest absolute Gasteiger partial charge is 0.115 e. The first-order chi connectivity index (χ1) is 12.0. The Kier molecular flexibility index (Phi) is 5.67. The third-order valence-corrected chi connectivity index (χ3v) is 5.99. The first kappa shape index (κ1) is 17.8. The molecular weight excluding hydrogens is 308 g/mol. The summed E-state index contributed by atoms with van der Waals surface area (Å²) in [5, 5.41) is 19.0. The van der Waals surface area contributed by atoms with Crippen molar-refractivity contribution < 1.29 is 10.2 Å². The van der Waals surface area contributed by atoms with Gasteiger partial charge in [0.2, 0.25) is 0 Å². The quantitative estimate of drug-likeness (QED) is 0.748. The van der Waals surface area contributed by atoms with E-state index in [1.165, 1.54) is 30.4 Å². The second-order valence-electron chi connectivity index (χ2n) is 8.08. The van der Waals surface area contributed by atoms with Crippen molar-refractivity contribution >= 4 is 0 Å². The molecule has 134 valence electrons. The molecule has 1 aliphatic carbocycles. The number of hydrogen-bond donors (Lipinski definition) is 2. The molecular formula is C23H30O2. The normalized spacial score (nSPS) is 23.7. The first-order valence-electron chi connectivity index (χ1n) is 9.57. The summed E-state index contributed by atoms with van der Waals surface area (Å²) < 4.78 is 0. The second-order valence-corrected chi connectivity index (χ2v) is 8.08. The Balaban J connectivity index is 1.74. The lowest BCUT2D eigenvalue weighted by molar-refractivity contribution is 0.146. The monoisotopic (exact) mass is 338 g/mol. The average Bonchev–Trinajstić information content (AvgIpc) is 2.60. The van der Waals surface area contributed by atoms with Gasteiger partial charge in [0.25, 0.3) is 0 Å². The molecule has 1 saturated carbocycles. The largest absolute Gasteiger partial charge is 0.508 e. The molecule has 0 aliphatic heterocycles. The van der Waals surface area contributed by atoms with E-state index in [0.717, 1.165) is 24.7 Å². The van der Waals surface area contributed by atoms with Crippen molar-refractivity contribution in [3.05, 3.63) is 59.7 Å². The number of aromatic hydroxyl groups is 2. The summed E-state index contributed by atoms with van der Waals surface area (Å²) in [6.45, 7) is 4.70. The molecule has 25 heavy (non-hydrogen) atoms. The minimum Gasteiger partial charge on any atom is -0.508 e. The zero-order valence-corrected chi connectivity index (χ0v) is 15.4. The molecule has 0 bridgehead atoms. The molecule has 2 nitrogen and oxygen atoms in total. The lowest BCUT2D eigenvalue weighted by atomic mass is 9.67.